The molecule has 2 aromatic rings. The highest BCUT2D eigenvalue weighted by atomic mass is 16.2. The average Bonchev–Trinajstić information content (AvgIpc) is 2.67. The average molecular weight is 360 g/mol. The fourth-order valence-corrected chi connectivity index (χ4v) is 6.52. The quantitative estimate of drug-likeness (QED) is 0.697. The molecule has 0 saturated heterocycles. The molecule has 0 radical (unpaired) electrons. The van der Waals surface area contributed by atoms with Gasteiger partial charge in [-0.1, -0.05) is 60.7 Å². The lowest BCUT2D eigenvalue weighted by atomic mass is 9.49. The van der Waals surface area contributed by atoms with Gasteiger partial charge in [-0.15, -0.1) is 0 Å². The zero-order valence-corrected chi connectivity index (χ0v) is 16.0. The summed E-state index contributed by atoms with van der Waals surface area (Å²) in [7, 11) is 0. The van der Waals surface area contributed by atoms with Crippen LogP contribution >= 0.6 is 0 Å². The van der Waals surface area contributed by atoms with Gasteiger partial charge in [0.05, 0.1) is 5.41 Å². The molecule has 4 fully saturated rings. The second kappa shape index (κ2) is 6.82. The molecule has 0 aromatic heterocycles. The standard InChI is InChI=1S/C25H29NO/c27-24(25-14-21-11-22(15-25)13-23(12-21)16-25)26(17-19-7-3-1-4-8-19)18-20-9-5-2-6-10-20/h1-10,21-23H,11-18H2. The highest BCUT2D eigenvalue weighted by molar-refractivity contribution is 5.83. The molecule has 140 valence electrons. The maximum atomic E-state index is 13.9. The Morgan fingerprint density at radius 3 is 1.56 bits per heavy atom. The Labute approximate surface area is 162 Å². The minimum Gasteiger partial charge on any atom is -0.334 e. The normalized spacial score (nSPS) is 31.0. The molecule has 6 rings (SSSR count). The summed E-state index contributed by atoms with van der Waals surface area (Å²) in [6, 6.07) is 21.0. The van der Waals surface area contributed by atoms with Crippen molar-refractivity contribution in [1.82, 2.24) is 4.90 Å². The first-order valence-corrected chi connectivity index (χ1v) is 10.6. The van der Waals surface area contributed by atoms with Gasteiger partial charge in [0.15, 0.2) is 0 Å². The molecule has 4 saturated carbocycles. The summed E-state index contributed by atoms with van der Waals surface area (Å²) in [5.74, 6) is 2.83. The number of carbonyl (C=O) groups excluding carboxylic acids is 1. The van der Waals surface area contributed by atoms with Crippen molar-refractivity contribution in [1.29, 1.82) is 0 Å². The van der Waals surface area contributed by atoms with Crippen molar-refractivity contribution in [3.63, 3.8) is 0 Å². The van der Waals surface area contributed by atoms with Crippen LogP contribution in [-0.4, -0.2) is 10.8 Å². The highest BCUT2D eigenvalue weighted by Gasteiger charge is 2.55. The van der Waals surface area contributed by atoms with E-state index in [0.717, 1.165) is 50.1 Å². The molecular formula is C25H29NO. The number of benzene rings is 2. The number of hydrogen-bond donors (Lipinski definition) is 0. The van der Waals surface area contributed by atoms with Crippen LogP contribution in [0.15, 0.2) is 60.7 Å². The van der Waals surface area contributed by atoms with Gasteiger partial charge in [0.25, 0.3) is 0 Å². The minimum absolute atomic E-state index is 0.0711. The van der Waals surface area contributed by atoms with Gasteiger partial charge < -0.3 is 4.90 Å². The first-order chi connectivity index (χ1) is 13.2. The molecule has 4 aliphatic rings. The van der Waals surface area contributed by atoms with Crippen LogP contribution in [0.1, 0.15) is 49.7 Å². The van der Waals surface area contributed by atoms with E-state index in [0.29, 0.717) is 5.91 Å². The van der Waals surface area contributed by atoms with Crippen molar-refractivity contribution >= 4 is 5.91 Å². The molecule has 0 aliphatic heterocycles. The van der Waals surface area contributed by atoms with Crippen molar-refractivity contribution in [3.8, 4) is 0 Å². The van der Waals surface area contributed by atoms with Gasteiger partial charge in [0.2, 0.25) is 5.91 Å². The Balaban J connectivity index is 1.43. The van der Waals surface area contributed by atoms with E-state index >= 15 is 0 Å². The smallest absolute Gasteiger partial charge is 0.229 e. The summed E-state index contributed by atoms with van der Waals surface area (Å²) in [5.41, 5.74) is 2.39. The molecule has 0 spiro atoms. The Kier molecular flexibility index (Phi) is 4.30. The van der Waals surface area contributed by atoms with E-state index in [9.17, 15) is 4.79 Å². The summed E-state index contributed by atoms with van der Waals surface area (Å²) in [4.78, 5) is 16.1. The van der Waals surface area contributed by atoms with Crippen LogP contribution in [-0.2, 0) is 17.9 Å². The van der Waals surface area contributed by atoms with E-state index in [2.05, 4.69) is 53.4 Å². The van der Waals surface area contributed by atoms with Gasteiger partial charge in [0.1, 0.15) is 0 Å². The topological polar surface area (TPSA) is 20.3 Å². The first kappa shape index (κ1) is 17.0. The highest BCUT2D eigenvalue weighted by Crippen LogP contribution is 2.60. The summed E-state index contributed by atoms with van der Waals surface area (Å²) >= 11 is 0. The third kappa shape index (κ3) is 3.31. The van der Waals surface area contributed by atoms with E-state index in [1.807, 2.05) is 12.1 Å². The summed E-state index contributed by atoms with van der Waals surface area (Å²) in [6.45, 7) is 1.44. The van der Waals surface area contributed by atoms with Crippen molar-refractivity contribution < 1.29 is 4.79 Å². The predicted molar refractivity (Wildman–Crippen MR) is 108 cm³/mol. The third-order valence-corrected chi connectivity index (χ3v) is 7.21. The fraction of sp³-hybridized carbons (Fsp3) is 0.480. The summed E-state index contributed by atoms with van der Waals surface area (Å²) < 4.78 is 0. The monoisotopic (exact) mass is 359 g/mol. The minimum atomic E-state index is -0.0711. The molecule has 1 amide bonds. The number of carbonyl (C=O) groups is 1. The molecule has 0 heterocycles. The maximum absolute atomic E-state index is 13.9. The SMILES string of the molecule is O=C(N(Cc1ccccc1)Cc1ccccc1)C12CC3CC(CC(C3)C1)C2. The van der Waals surface area contributed by atoms with E-state index in [1.54, 1.807) is 0 Å². The lowest BCUT2D eigenvalue weighted by molar-refractivity contribution is -0.159. The first-order valence-electron chi connectivity index (χ1n) is 10.6. The lowest BCUT2D eigenvalue weighted by Gasteiger charge is -2.56. The van der Waals surface area contributed by atoms with Crippen LogP contribution in [0.25, 0.3) is 0 Å². The van der Waals surface area contributed by atoms with Crippen molar-refractivity contribution in [3.05, 3.63) is 71.8 Å². The Bertz CT molecular complexity index is 721. The fourth-order valence-electron chi connectivity index (χ4n) is 6.52. The van der Waals surface area contributed by atoms with Crippen LogP contribution in [0.5, 0.6) is 0 Å². The van der Waals surface area contributed by atoms with Gasteiger partial charge in [-0.25, -0.2) is 0 Å². The van der Waals surface area contributed by atoms with E-state index in [1.165, 1.54) is 30.4 Å². The van der Waals surface area contributed by atoms with Crippen molar-refractivity contribution in [2.24, 2.45) is 23.2 Å². The van der Waals surface area contributed by atoms with Gasteiger partial charge in [-0.2, -0.15) is 0 Å². The molecule has 2 heteroatoms. The van der Waals surface area contributed by atoms with Crippen LogP contribution < -0.4 is 0 Å². The molecule has 4 bridgehead atoms. The van der Waals surface area contributed by atoms with E-state index < -0.39 is 0 Å². The van der Waals surface area contributed by atoms with Gasteiger partial charge in [-0.3, -0.25) is 4.79 Å². The third-order valence-electron chi connectivity index (χ3n) is 7.21. The Morgan fingerprint density at radius 2 is 1.15 bits per heavy atom. The second-order valence-corrected chi connectivity index (χ2v) is 9.33. The molecule has 27 heavy (non-hydrogen) atoms. The van der Waals surface area contributed by atoms with Crippen molar-refractivity contribution in [2.75, 3.05) is 0 Å². The molecular weight excluding hydrogens is 330 g/mol. The van der Waals surface area contributed by atoms with Crippen LogP contribution in [0.3, 0.4) is 0 Å². The molecule has 0 N–H and O–H groups in total. The zero-order valence-electron chi connectivity index (χ0n) is 16.0. The number of amides is 1. The molecule has 2 aromatic carbocycles. The Hall–Kier alpha value is -2.09. The predicted octanol–water partition coefficient (Wildman–Crippen LogP) is 5.43. The van der Waals surface area contributed by atoms with Crippen LogP contribution in [0.4, 0.5) is 0 Å². The lowest BCUT2D eigenvalue weighted by Crippen LogP contribution is -2.54. The number of hydrogen-bond acceptors (Lipinski definition) is 1. The van der Waals surface area contributed by atoms with Gasteiger partial charge in [-0.05, 0) is 67.4 Å². The summed E-state index contributed by atoms with van der Waals surface area (Å²) in [6.07, 6.45) is 7.55. The Morgan fingerprint density at radius 1 is 0.741 bits per heavy atom. The summed E-state index contributed by atoms with van der Waals surface area (Å²) in [5, 5.41) is 0. The van der Waals surface area contributed by atoms with Gasteiger partial charge >= 0.3 is 0 Å². The van der Waals surface area contributed by atoms with E-state index in [4.69, 9.17) is 0 Å². The molecule has 2 nitrogen and oxygen atoms in total. The van der Waals surface area contributed by atoms with Crippen LogP contribution in [0.2, 0.25) is 0 Å². The molecule has 0 unspecified atom stereocenters. The maximum Gasteiger partial charge on any atom is 0.229 e. The van der Waals surface area contributed by atoms with Gasteiger partial charge in [0, 0.05) is 13.1 Å². The second-order valence-electron chi connectivity index (χ2n) is 9.33. The largest absolute Gasteiger partial charge is 0.334 e. The molecule has 0 atom stereocenters. The van der Waals surface area contributed by atoms with E-state index in [-0.39, 0.29) is 5.41 Å². The number of rotatable bonds is 5. The number of nitrogens with zero attached hydrogens (tertiary/aromatic N) is 1. The van der Waals surface area contributed by atoms with Crippen molar-refractivity contribution in [2.45, 2.75) is 51.6 Å². The van der Waals surface area contributed by atoms with Crippen LogP contribution in [0, 0.1) is 23.2 Å². The zero-order chi connectivity index (χ0) is 18.3. The molecule has 4 aliphatic carbocycles.